The molecule has 49 heavy (non-hydrogen) atoms. The van der Waals surface area contributed by atoms with Gasteiger partial charge in [0.15, 0.2) is 0 Å². The maximum absolute atomic E-state index is 12.8. The smallest absolute Gasteiger partial charge is 0.268 e. The summed E-state index contributed by atoms with van der Waals surface area (Å²) in [6, 6.07) is -0.791. The van der Waals surface area contributed by atoms with E-state index in [4.69, 9.17) is 9.05 Å². The Bertz CT molecular complexity index is 778. The van der Waals surface area contributed by atoms with Gasteiger partial charge in [0.1, 0.15) is 13.2 Å². The van der Waals surface area contributed by atoms with Gasteiger partial charge in [-0.3, -0.25) is 9.36 Å². The fraction of sp³-hybridized carbons (Fsp3) is 0.975. The average molecular weight is 719 g/mol. The number of amides is 1. The van der Waals surface area contributed by atoms with E-state index in [0.717, 1.165) is 38.5 Å². The molecule has 0 heterocycles. The molecule has 0 fully saturated rings. The van der Waals surface area contributed by atoms with Gasteiger partial charge in [0.2, 0.25) is 5.91 Å². The summed E-state index contributed by atoms with van der Waals surface area (Å²) in [6.45, 7) is 4.72. The zero-order valence-corrected chi connectivity index (χ0v) is 34.1. The Kier molecular flexibility index (Phi) is 33.0. The Balaban J connectivity index is 4.37. The van der Waals surface area contributed by atoms with Gasteiger partial charge < -0.3 is 28.8 Å². The van der Waals surface area contributed by atoms with Crippen molar-refractivity contribution in [1.29, 1.82) is 0 Å². The van der Waals surface area contributed by atoms with E-state index in [-0.39, 0.29) is 19.1 Å². The molecule has 9 heteroatoms. The van der Waals surface area contributed by atoms with E-state index < -0.39 is 20.0 Å². The van der Waals surface area contributed by atoms with Crippen molar-refractivity contribution in [2.24, 2.45) is 0 Å². The first-order valence-corrected chi connectivity index (χ1v) is 22.3. The van der Waals surface area contributed by atoms with Crippen LogP contribution in [0, 0.1) is 0 Å². The van der Waals surface area contributed by atoms with Crippen LogP contribution in [0.15, 0.2) is 0 Å². The molecule has 0 saturated heterocycles. The molecule has 1 unspecified atom stereocenters. The summed E-state index contributed by atoms with van der Waals surface area (Å²) in [6.07, 6.45) is 33.8. The van der Waals surface area contributed by atoms with E-state index in [0.29, 0.717) is 23.9 Å². The number of quaternary nitrogens is 1. The van der Waals surface area contributed by atoms with Gasteiger partial charge in [-0.2, -0.15) is 0 Å². The summed E-state index contributed by atoms with van der Waals surface area (Å²) in [5.74, 6) is -0.163. The summed E-state index contributed by atoms with van der Waals surface area (Å²) in [4.78, 5) is 25.2. The van der Waals surface area contributed by atoms with Crippen molar-refractivity contribution in [2.75, 3.05) is 40.9 Å². The van der Waals surface area contributed by atoms with Gasteiger partial charge in [0, 0.05) is 6.42 Å². The van der Waals surface area contributed by atoms with E-state index in [1.54, 1.807) is 0 Å². The highest BCUT2D eigenvalue weighted by Crippen LogP contribution is 2.38. The van der Waals surface area contributed by atoms with Crippen molar-refractivity contribution >= 4 is 13.7 Å². The average Bonchev–Trinajstić information content (AvgIpc) is 3.04. The van der Waals surface area contributed by atoms with Crippen molar-refractivity contribution < 1.29 is 32.9 Å². The number of hydrogen-bond donors (Lipinski definition) is 2. The van der Waals surface area contributed by atoms with Gasteiger partial charge in [0.05, 0.1) is 39.9 Å². The normalized spacial score (nSPS) is 14.5. The molecule has 0 aliphatic heterocycles. The number of nitrogens with one attached hydrogen (secondary N) is 1. The number of phosphoric acid groups is 1. The maximum Gasteiger partial charge on any atom is 0.268 e. The second-order valence-corrected chi connectivity index (χ2v) is 17.1. The number of likely N-dealkylation sites (N-methyl/N-ethyl adjacent to an activating group) is 1. The predicted octanol–water partition coefficient (Wildman–Crippen LogP) is 10.4. The first kappa shape index (κ1) is 48.5. The first-order chi connectivity index (χ1) is 23.5. The maximum atomic E-state index is 12.8. The number of hydrogen-bond acceptors (Lipinski definition) is 6. The molecule has 8 nitrogen and oxygen atoms in total. The van der Waals surface area contributed by atoms with Crippen LogP contribution in [0.1, 0.15) is 200 Å². The van der Waals surface area contributed by atoms with Gasteiger partial charge in [-0.1, -0.05) is 181 Å². The Hall–Kier alpha value is -0.500. The van der Waals surface area contributed by atoms with E-state index >= 15 is 0 Å². The molecule has 0 aromatic rings. The molecule has 3 atom stereocenters. The summed E-state index contributed by atoms with van der Waals surface area (Å²) in [5, 5.41) is 13.9. The number of carbonyl (C=O) groups is 1. The molecule has 0 spiro atoms. The zero-order chi connectivity index (χ0) is 36.5. The summed E-state index contributed by atoms with van der Waals surface area (Å²) in [5.41, 5.74) is 0. The molecular formula is C40H83N2O6P. The number of aliphatic hydroxyl groups excluding tert-OH is 1. The van der Waals surface area contributed by atoms with Crippen LogP contribution in [-0.4, -0.2) is 68.5 Å². The Labute approximate surface area is 304 Å². The van der Waals surface area contributed by atoms with Crippen LogP contribution in [0.4, 0.5) is 0 Å². The van der Waals surface area contributed by atoms with Crippen LogP contribution in [0.25, 0.3) is 0 Å². The third kappa shape index (κ3) is 35.7. The summed E-state index contributed by atoms with van der Waals surface area (Å²) < 4.78 is 23.2. The summed E-state index contributed by atoms with van der Waals surface area (Å²) in [7, 11) is 1.31. The fourth-order valence-electron chi connectivity index (χ4n) is 6.22. The topological polar surface area (TPSA) is 108 Å². The van der Waals surface area contributed by atoms with Gasteiger partial charge in [-0.25, -0.2) is 0 Å². The number of rotatable bonds is 38. The second-order valence-electron chi connectivity index (χ2n) is 15.7. The highest BCUT2D eigenvalue weighted by molar-refractivity contribution is 7.45. The lowest BCUT2D eigenvalue weighted by molar-refractivity contribution is -0.870. The zero-order valence-electron chi connectivity index (χ0n) is 33.2. The molecule has 1 amide bonds. The third-order valence-corrected chi connectivity index (χ3v) is 10.6. The molecular weight excluding hydrogens is 635 g/mol. The first-order valence-electron chi connectivity index (χ1n) is 20.9. The van der Waals surface area contributed by atoms with Crippen LogP contribution in [0.2, 0.25) is 0 Å². The minimum atomic E-state index is -4.55. The lowest BCUT2D eigenvalue weighted by atomic mass is 10.0. The predicted molar refractivity (Wildman–Crippen MR) is 206 cm³/mol. The number of unbranched alkanes of at least 4 members (excludes halogenated alkanes) is 25. The lowest BCUT2D eigenvalue weighted by Crippen LogP contribution is -2.46. The minimum Gasteiger partial charge on any atom is -0.756 e. The number of nitrogens with zero attached hydrogens (tertiary/aromatic N) is 1. The van der Waals surface area contributed by atoms with Crippen molar-refractivity contribution in [1.82, 2.24) is 5.32 Å². The second kappa shape index (κ2) is 33.3. The largest absolute Gasteiger partial charge is 0.756 e. The quantitative estimate of drug-likeness (QED) is 0.0374. The molecule has 294 valence electrons. The molecule has 0 aromatic carbocycles. The van der Waals surface area contributed by atoms with Gasteiger partial charge >= 0.3 is 0 Å². The van der Waals surface area contributed by atoms with Gasteiger partial charge in [-0.15, -0.1) is 0 Å². The van der Waals surface area contributed by atoms with Crippen molar-refractivity contribution in [3.8, 4) is 0 Å². The Morgan fingerprint density at radius 1 is 0.633 bits per heavy atom. The van der Waals surface area contributed by atoms with E-state index in [2.05, 4.69) is 19.2 Å². The van der Waals surface area contributed by atoms with Crippen LogP contribution < -0.4 is 10.2 Å². The summed E-state index contributed by atoms with van der Waals surface area (Å²) >= 11 is 0. The third-order valence-electron chi connectivity index (χ3n) is 9.60. The standard InChI is InChI=1S/C40H83N2O6P/c1-6-8-10-12-14-16-18-20-21-22-24-26-28-30-32-34-40(44)41-38(37-48-49(45,46)47-36-35-42(3,4)5)39(43)33-31-29-27-25-23-19-17-15-13-11-9-7-2/h38-39,43H,6-37H2,1-5H3,(H-,41,44,45,46)/t38-,39+/m0/s1. The fourth-order valence-corrected chi connectivity index (χ4v) is 6.94. The highest BCUT2D eigenvalue weighted by Gasteiger charge is 2.24. The minimum absolute atomic E-state index is 0.0158. The van der Waals surface area contributed by atoms with Crippen molar-refractivity contribution in [2.45, 2.75) is 212 Å². The Morgan fingerprint density at radius 2 is 1.00 bits per heavy atom. The number of carbonyl (C=O) groups excluding carboxylic acids is 1. The van der Waals surface area contributed by atoms with Gasteiger partial charge in [0.25, 0.3) is 7.82 Å². The van der Waals surface area contributed by atoms with E-state index in [1.807, 2.05) is 21.1 Å². The lowest BCUT2D eigenvalue weighted by Gasteiger charge is -2.30. The highest BCUT2D eigenvalue weighted by atomic mass is 31.2. The molecule has 0 bridgehead atoms. The SMILES string of the molecule is CCCCCCCCCCCCCCCCCC(=O)N[C@@H](COP(=O)([O-])OCC[N+](C)(C)C)[C@H](O)CCCCCCCCCCCCCC. The molecule has 0 aromatic heterocycles. The molecule has 0 rings (SSSR count). The molecule has 2 N–H and O–H groups in total. The van der Waals surface area contributed by atoms with Crippen LogP contribution in [0.3, 0.4) is 0 Å². The van der Waals surface area contributed by atoms with Crippen LogP contribution in [0.5, 0.6) is 0 Å². The van der Waals surface area contributed by atoms with Crippen molar-refractivity contribution in [3.63, 3.8) is 0 Å². The molecule has 0 saturated carbocycles. The number of phosphoric ester groups is 1. The van der Waals surface area contributed by atoms with E-state index in [9.17, 15) is 19.4 Å². The van der Waals surface area contributed by atoms with E-state index in [1.165, 1.54) is 135 Å². The molecule has 0 aliphatic rings. The molecule has 0 aliphatic carbocycles. The number of aliphatic hydroxyl groups is 1. The monoisotopic (exact) mass is 719 g/mol. The van der Waals surface area contributed by atoms with Crippen LogP contribution >= 0.6 is 7.82 Å². The van der Waals surface area contributed by atoms with Crippen molar-refractivity contribution in [3.05, 3.63) is 0 Å². The molecule has 0 radical (unpaired) electrons. The van der Waals surface area contributed by atoms with Crippen LogP contribution in [-0.2, 0) is 18.4 Å². The van der Waals surface area contributed by atoms with Gasteiger partial charge in [-0.05, 0) is 12.8 Å². The Morgan fingerprint density at radius 3 is 1.39 bits per heavy atom.